The number of hydrogen-bond donors (Lipinski definition) is 0. The lowest BCUT2D eigenvalue weighted by Gasteiger charge is -2.32. The van der Waals surface area contributed by atoms with Crippen molar-refractivity contribution in [2.24, 2.45) is 0 Å². The Morgan fingerprint density at radius 3 is 1.90 bits per heavy atom. The third-order valence-corrected chi connectivity index (χ3v) is 6.16. The molecule has 0 aliphatic carbocycles. The number of carbonyl (C=O) groups excluding carboxylic acids is 2. The second kappa shape index (κ2) is 10.1. The average Bonchev–Trinajstić information content (AvgIpc) is 2.54. The first-order valence-electron chi connectivity index (χ1n) is 9.77. The molecule has 1 amide bonds. The first kappa shape index (κ1) is 26.4. The first-order chi connectivity index (χ1) is 13.6. The Morgan fingerprint density at radius 2 is 1.53 bits per heavy atom. The molecule has 0 aliphatic heterocycles. The van der Waals surface area contributed by atoms with Gasteiger partial charge in [0.05, 0.1) is 0 Å². The summed E-state index contributed by atoms with van der Waals surface area (Å²) in [5.74, 6) is 0.639. The average molecular weight is 454 g/mol. The number of carbonyl (C=O) groups is 2. The molecule has 0 bridgehead atoms. The number of nitrogens with zero attached hydrogens (tertiary/aromatic N) is 1. The summed E-state index contributed by atoms with van der Waals surface area (Å²) in [5, 5.41) is 0. The maximum Gasteiger partial charge on any atom is 0.435 e. The Morgan fingerprint density at radius 1 is 1.00 bits per heavy atom. The highest BCUT2D eigenvalue weighted by atomic mass is 32.2. The first-order valence-corrected chi connectivity index (χ1v) is 12.1. The van der Waals surface area contributed by atoms with Crippen molar-refractivity contribution >= 4 is 36.0 Å². The zero-order valence-corrected chi connectivity index (χ0v) is 21.5. The third kappa shape index (κ3) is 6.71. The summed E-state index contributed by atoms with van der Waals surface area (Å²) in [7, 11) is 0. The van der Waals surface area contributed by atoms with Crippen LogP contribution in [0.1, 0.15) is 72.1 Å². The molecule has 0 aliphatic rings. The van der Waals surface area contributed by atoms with Gasteiger partial charge in [-0.3, -0.25) is 4.79 Å². The van der Waals surface area contributed by atoms with Gasteiger partial charge in [-0.25, -0.2) is 4.79 Å². The van der Waals surface area contributed by atoms with Gasteiger partial charge in [0.1, 0.15) is 11.5 Å². The molecule has 1 rings (SSSR count). The SMILES string of the molecule is C=C(C)Cc1c(OC(=O)N(SC)SC)cc(C(C)(C)C)c(OC(C)=O)c1C(C)(C)C. The van der Waals surface area contributed by atoms with Gasteiger partial charge in [-0.15, -0.1) is 0 Å². The maximum atomic E-state index is 12.8. The van der Waals surface area contributed by atoms with E-state index in [2.05, 4.69) is 27.4 Å². The Hall–Kier alpha value is -1.60. The van der Waals surface area contributed by atoms with E-state index >= 15 is 0 Å². The van der Waals surface area contributed by atoms with Crippen LogP contribution in [0.4, 0.5) is 4.79 Å². The van der Waals surface area contributed by atoms with E-state index in [1.54, 1.807) is 0 Å². The number of allylic oxidation sites excluding steroid dienone is 1. The summed E-state index contributed by atoms with van der Waals surface area (Å²) in [6.07, 6.45) is 3.68. The second-order valence-corrected chi connectivity index (χ2v) is 11.0. The predicted molar refractivity (Wildman–Crippen MR) is 129 cm³/mol. The minimum absolute atomic E-state index is 0.341. The normalized spacial score (nSPS) is 11.8. The lowest BCUT2D eigenvalue weighted by atomic mass is 9.76. The summed E-state index contributed by atoms with van der Waals surface area (Å²) in [6, 6.07) is 1.84. The maximum absolute atomic E-state index is 12.8. The van der Waals surface area contributed by atoms with Gasteiger partial charge in [-0.2, -0.15) is 3.71 Å². The number of benzene rings is 1. The Labute approximate surface area is 190 Å². The summed E-state index contributed by atoms with van der Waals surface area (Å²) >= 11 is 2.57. The van der Waals surface area contributed by atoms with Crippen LogP contribution in [-0.4, -0.2) is 28.3 Å². The highest BCUT2D eigenvalue weighted by Gasteiger charge is 2.34. The summed E-state index contributed by atoms with van der Waals surface area (Å²) in [5.41, 5.74) is 2.70. The van der Waals surface area contributed by atoms with E-state index < -0.39 is 6.09 Å². The molecule has 0 unspecified atom stereocenters. The zero-order chi connectivity index (χ0) is 23.4. The van der Waals surface area contributed by atoms with Crippen molar-refractivity contribution in [1.29, 1.82) is 0 Å². The molecule has 0 aromatic heterocycles. The molecule has 0 radical (unpaired) electrons. The number of rotatable bonds is 6. The largest absolute Gasteiger partial charge is 0.435 e. The molecule has 0 spiro atoms. The molecule has 0 fully saturated rings. The molecular weight excluding hydrogens is 418 g/mol. The van der Waals surface area contributed by atoms with Crippen LogP contribution in [0.3, 0.4) is 0 Å². The van der Waals surface area contributed by atoms with Gasteiger partial charge in [0.15, 0.2) is 0 Å². The van der Waals surface area contributed by atoms with E-state index in [0.717, 1.165) is 22.3 Å². The van der Waals surface area contributed by atoms with Crippen LogP contribution in [0.5, 0.6) is 11.5 Å². The lowest BCUT2D eigenvalue weighted by Crippen LogP contribution is -2.26. The minimum atomic E-state index is -0.460. The fourth-order valence-corrected chi connectivity index (χ4v) is 4.17. The quantitative estimate of drug-likeness (QED) is 0.207. The molecule has 0 N–H and O–H groups in total. The zero-order valence-electron chi connectivity index (χ0n) is 19.9. The molecule has 30 heavy (non-hydrogen) atoms. The molecule has 5 nitrogen and oxygen atoms in total. The molecule has 1 aromatic rings. The van der Waals surface area contributed by atoms with Gasteiger partial charge in [0, 0.05) is 36.1 Å². The summed E-state index contributed by atoms with van der Waals surface area (Å²) in [4.78, 5) is 24.7. The molecule has 1 aromatic carbocycles. The summed E-state index contributed by atoms with van der Waals surface area (Å²) < 4.78 is 13.1. The van der Waals surface area contributed by atoms with Crippen LogP contribution in [0.2, 0.25) is 0 Å². The van der Waals surface area contributed by atoms with Crippen LogP contribution >= 0.6 is 23.9 Å². The second-order valence-electron chi connectivity index (χ2n) is 9.32. The highest BCUT2D eigenvalue weighted by Crippen LogP contribution is 2.46. The van der Waals surface area contributed by atoms with E-state index in [0.29, 0.717) is 17.9 Å². The smallest absolute Gasteiger partial charge is 0.426 e. The van der Waals surface area contributed by atoms with E-state index in [9.17, 15) is 9.59 Å². The van der Waals surface area contributed by atoms with Crippen molar-refractivity contribution in [1.82, 2.24) is 3.71 Å². The predicted octanol–water partition coefficient (Wildman–Crippen LogP) is 6.68. The van der Waals surface area contributed by atoms with Crippen LogP contribution in [0.25, 0.3) is 0 Å². The molecule has 0 atom stereocenters. The number of ether oxygens (including phenoxy) is 2. The molecule has 7 heteroatoms. The van der Waals surface area contributed by atoms with Gasteiger partial charge in [-0.1, -0.05) is 53.7 Å². The van der Waals surface area contributed by atoms with Crippen molar-refractivity contribution in [2.75, 3.05) is 12.5 Å². The molecule has 0 heterocycles. The molecule has 0 saturated carbocycles. The molecule has 168 valence electrons. The number of esters is 1. The Kier molecular flexibility index (Phi) is 8.93. The fraction of sp³-hybridized carbons (Fsp3) is 0.565. The summed E-state index contributed by atoms with van der Waals surface area (Å²) in [6.45, 7) is 19.7. The highest BCUT2D eigenvalue weighted by molar-refractivity contribution is 8.12. The Balaban J connectivity index is 3.97. The van der Waals surface area contributed by atoms with Gasteiger partial charge in [-0.05, 0) is 54.1 Å². The standard InChI is InChI=1S/C23H35NO4S2/c1-14(2)12-16-18(28-21(26)24(29-10)30-11)13-17(22(4,5)6)20(27-15(3)25)19(16)23(7,8)9/h13H,1,12H2,2-11H3. The van der Waals surface area contributed by atoms with Crippen molar-refractivity contribution < 1.29 is 19.1 Å². The van der Waals surface area contributed by atoms with Gasteiger partial charge >= 0.3 is 12.1 Å². The van der Waals surface area contributed by atoms with Crippen LogP contribution in [-0.2, 0) is 22.0 Å². The van der Waals surface area contributed by atoms with E-state index in [4.69, 9.17) is 9.47 Å². The fourth-order valence-electron chi connectivity index (χ4n) is 3.20. The van der Waals surface area contributed by atoms with Crippen molar-refractivity contribution in [2.45, 2.75) is 72.6 Å². The molecule has 0 saturated heterocycles. The Bertz CT molecular complexity index is 816. The number of amides is 1. The minimum Gasteiger partial charge on any atom is -0.426 e. The topological polar surface area (TPSA) is 55.8 Å². The van der Waals surface area contributed by atoms with Crippen LogP contribution in [0, 0.1) is 0 Å². The van der Waals surface area contributed by atoms with Crippen molar-refractivity contribution in [3.05, 3.63) is 34.9 Å². The molecular formula is C23H35NO4S2. The third-order valence-electron chi connectivity index (χ3n) is 4.31. The van der Waals surface area contributed by atoms with Gasteiger partial charge < -0.3 is 9.47 Å². The van der Waals surface area contributed by atoms with Gasteiger partial charge in [0.25, 0.3) is 0 Å². The van der Waals surface area contributed by atoms with E-state index in [-0.39, 0.29) is 16.8 Å². The monoisotopic (exact) mass is 453 g/mol. The van der Waals surface area contributed by atoms with E-state index in [1.165, 1.54) is 34.5 Å². The van der Waals surface area contributed by atoms with Crippen molar-refractivity contribution in [3.8, 4) is 11.5 Å². The van der Waals surface area contributed by atoms with Crippen molar-refractivity contribution in [3.63, 3.8) is 0 Å². The van der Waals surface area contributed by atoms with Gasteiger partial charge in [0.2, 0.25) is 0 Å². The van der Waals surface area contributed by atoms with Crippen LogP contribution < -0.4 is 9.47 Å². The van der Waals surface area contributed by atoms with E-state index in [1.807, 2.05) is 46.3 Å². The lowest BCUT2D eigenvalue weighted by molar-refractivity contribution is -0.132. The number of hydrogen-bond acceptors (Lipinski definition) is 6. The van der Waals surface area contributed by atoms with Crippen LogP contribution in [0.15, 0.2) is 18.2 Å².